The highest BCUT2D eigenvalue weighted by Gasteiger charge is 2.23. The van der Waals surface area contributed by atoms with Crippen molar-refractivity contribution in [2.45, 2.75) is 6.42 Å². The van der Waals surface area contributed by atoms with E-state index in [1.165, 1.54) is 0 Å². The second-order valence-corrected chi connectivity index (χ2v) is 5.67. The number of rotatable bonds is 2. The van der Waals surface area contributed by atoms with E-state index in [-0.39, 0.29) is 5.78 Å². The zero-order chi connectivity index (χ0) is 14.3. The average molecular weight is 333 g/mol. The van der Waals surface area contributed by atoms with Gasteiger partial charge in [0.05, 0.1) is 12.2 Å². The maximum atomic E-state index is 12.7. The molecule has 20 heavy (non-hydrogen) atoms. The van der Waals surface area contributed by atoms with Crippen molar-refractivity contribution >= 4 is 33.1 Å². The molecule has 0 saturated carbocycles. The summed E-state index contributed by atoms with van der Waals surface area (Å²) >= 11 is 3.43. The Labute approximate surface area is 124 Å². The fourth-order valence-corrected chi connectivity index (χ4v) is 2.91. The Bertz CT molecular complexity index is 693. The van der Waals surface area contributed by atoms with Crippen LogP contribution in [-0.2, 0) is 6.42 Å². The Balaban J connectivity index is 2.11. The summed E-state index contributed by atoms with van der Waals surface area (Å²) in [6.07, 6.45) is 0.814. The number of ketones is 1. The summed E-state index contributed by atoms with van der Waals surface area (Å²) in [5.74, 6) is 0.530. The van der Waals surface area contributed by atoms with E-state index in [0.717, 1.165) is 16.5 Å². The highest BCUT2D eigenvalue weighted by molar-refractivity contribution is 9.10. The maximum absolute atomic E-state index is 12.7. The van der Waals surface area contributed by atoms with Gasteiger partial charge in [-0.05, 0) is 35.9 Å². The first-order valence-electron chi connectivity index (χ1n) is 6.20. The summed E-state index contributed by atoms with van der Waals surface area (Å²) in [4.78, 5) is 12.7. The molecule has 4 N–H and O–H groups in total. The minimum absolute atomic E-state index is 0.136. The fourth-order valence-electron chi connectivity index (χ4n) is 2.40. The largest absolute Gasteiger partial charge is 0.492 e. The quantitative estimate of drug-likeness (QED) is 0.654. The number of carbonyl (C=O) groups excluding carboxylic acids is 1. The summed E-state index contributed by atoms with van der Waals surface area (Å²) < 4.78 is 6.45. The molecule has 0 unspecified atom stereocenters. The number of carbonyl (C=O) groups is 1. The van der Waals surface area contributed by atoms with Gasteiger partial charge in [0.2, 0.25) is 0 Å². The number of benzene rings is 2. The average Bonchev–Trinajstić information content (AvgIpc) is 2.83. The fraction of sp³-hybridized carbons (Fsp3) is 0.133. The second kappa shape index (κ2) is 4.83. The monoisotopic (exact) mass is 332 g/mol. The number of nitrogens with two attached hydrogens (primary N) is 2. The lowest BCUT2D eigenvalue weighted by atomic mass is 9.99. The van der Waals surface area contributed by atoms with Crippen molar-refractivity contribution in [3.05, 3.63) is 51.5 Å². The lowest BCUT2D eigenvalue weighted by Crippen LogP contribution is -2.06. The van der Waals surface area contributed by atoms with Gasteiger partial charge in [-0.1, -0.05) is 15.9 Å². The van der Waals surface area contributed by atoms with E-state index in [1.54, 1.807) is 24.3 Å². The molecule has 102 valence electrons. The first kappa shape index (κ1) is 13.0. The van der Waals surface area contributed by atoms with Gasteiger partial charge >= 0.3 is 0 Å². The summed E-state index contributed by atoms with van der Waals surface area (Å²) in [6, 6.07) is 8.62. The molecule has 1 aliphatic heterocycles. The van der Waals surface area contributed by atoms with E-state index < -0.39 is 0 Å². The van der Waals surface area contributed by atoms with E-state index in [1.807, 2.05) is 6.07 Å². The Hall–Kier alpha value is -2.01. The van der Waals surface area contributed by atoms with Gasteiger partial charge in [-0.3, -0.25) is 4.79 Å². The van der Waals surface area contributed by atoms with E-state index in [0.29, 0.717) is 34.9 Å². The summed E-state index contributed by atoms with van der Waals surface area (Å²) in [5.41, 5.74) is 14.5. The predicted molar refractivity (Wildman–Crippen MR) is 82.0 cm³/mol. The number of ether oxygens (including phenoxy) is 1. The molecule has 0 radical (unpaired) electrons. The van der Waals surface area contributed by atoms with Crippen LogP contribution in [0.2, 0.25) is 0 Å². The van der Waals surface area contributed by atoms with Gasteiger partial charge in [-0.15, -0.1) is 0 Å². The smallest absolute Gasteiger partial charge is 0.196 e. The molecule has 2 aromatic rings. The summed E-state index contributed by atoms with van der Waals surface area (Å²) in [7, 11) is 0. The van der Waals surface area contributed by atoms with Crippen LogP contribution in [0.5, 0.6) is 5.75 Å². The molecular weight excluding hydrogens is 320 g/mol. The van der Waals surface area contributed by atoms with Gasteiger partial charge in [0.25, 0.3) is 0 Å². The molecule has 0 spiro atoms. The summed E-state index contributed by atoms with van der Waals surface area (Å²) in [6.45, 7) is 0.602. The van der Waals surface area contributed by atoms with Crippen molar-refractivity contribution in [2.75, 3.05) is 18.1 Å². The minimum Gasteiger partial charge on any atom is -0.492 e. The topological polar surface area (TPSA) is 78.3 Å². The number of hydrogen-bond donors (Lipinski definition) is 2. The van der Waals surface area contributed by atoms with E-state index in [2.05, 4.69) is 15.9 Å². The number of hydrogen-bond acceptors (Lipinski definition) is 4. The minimum atomic E-state index is -0.136. The van der Waals surface area contributed by atoms with Crippen LogP contribution >= 0.6 is 15.9 Å². The van der Waals surface area contributed by atoms with Crippen LogP contribution in [0.1, 0.15) is 21.5 Å². The molecule has 0 saturated heterocycles. The Morgan fingerprint density at radius 2 is 1.80 bits per heavy atom. The van der Waals surface area contributed by atoms with Crippen molar-refractivity contribution < 1.29 is 9.53 Å². The van der Waals surface area contributed by atoms with Crippen LogP contribution in [0.15, 0.2) is 34.8 Å². The third kappa shape index (κ3) is 2.25. The third-order valence-corrected chi connectivity index (χ3v) is 3.69. The van der Waals surface area contributed by atoms with Gasteiger partial charge in [-0.25, -0.2) is 0 Å². The molecule has 1 heterocycles. The Morgan fingerprint density at radius 3 is 2.50 bits per heavy atom. The first-order valence-corrected chi connectivity index (χ1v) is 7.00. The lowest BCUT2D eigenvalue weighted by Gasteiger charge is -2.09. The van der Waals surface area contributed by atoms with Gasteiger partial charge in [0.1, 0.15) is 5.75 Å². The molecule has 2 aromatic carbocycles. The van der Waals surface area contributed by atoms with Crippen molar-refractivity contribution in [1.29, 1.82) is 0 Å². The summed E-state index contributed by atoms with van der Waals surface area (Å²) in [5, 5.41) is 0. The Morgan fingerprint density at radius 1 is 1.10 bits per heavy atom. The van der Waals surface area contributed by atoms with Crippen molar-refractivity contribution in [3.63, 3.8) is 0 Å². The van der Waals surface area contributed by atoms with E-state index in [9.17, 15) is 4.79 Å². The molecule has 4 nitrogen and oxygen atoms in total. The number of fused-ring (bicyclic) bond motifs is 1. The van der Waals surface area contributed by atoms with Crippen LogP contribution < -0.4 is 16.2 Å². The van der Waals surface area contributed by atoms with E-state index >= 15 is 0 Å². The van der Waals surface area contributed by atoms with Crippen LogP contribution in [0.3, 0.4) is 0 Å². The SMILES string of the molecule is Nc1cc(N)cc(C(=O)c2cc(Br)cc3c2OCC3)c1. The molecule has 0 atom stereocenters. The van der Waals surface area contributed by atoms with E-state index in [4.69, 9.17) is 16.2 Å². The van der Waals surface area contributed by atoms with Crippen LogP contribution in [0.25, 0.3) is 0 Å². The standard InChI is InChI=1S/C15H13BrN2O2/c16-10-3-8-1-2-20-15(8)13(6-10)14(19)9-4-11(17)7-12(18)5-9/h3-7H,1-2,17-18H2. The third-order valence-electron chi connectivity index (χ3n) is 3.23. The lowest BCUT2D eigenvalue weighted by molar-refractivity contribution is 0.103. The van der Waals surface area contributed by atoms with Gasteiger partial charge in [0, 0.05) is 27.8 Å². The molecule has 0 aliphatic carbocycles. The maximum Gasteiger partial charge on any atom is 0.196 e. The zero-order valence-electron chi connectivity index (χ0n) is 10.7. The van der Waals surface area contributed by atoms with Gasteiger partial charge in [-0.2, -0.15) is 0 Å². The molecule has 5 heteroatoms. The predicted octanol–water partition coefficient (Wildman–Crippen LogP) is 2.78. The highest BCUT2D eigenvalue weighted by atomic mass is 79.9. The Kier molecular flexibility index (Phi) is 3.14. The zero-order valence-corrected chi connectivity index (χ0v) is 12.2. The van der Waals surface area contributed by atoms with Crippen LogP contribution in [0, 0.1) is 0 Å². The van der Waals surface area contributed by atoms with Crippen molar-refractivity contribution in [2.24, 2.45) is 0 Å². The molecule has 0 aromatic heterocycles. The molecule has 0 bridgehead atoms. The number of nitrogen functional groups attached to an aromatic ring is 2. The number of anilines is 2. The van der Waals surface area contributed by atoms with Gasteiger partial charge in [0.15, 0.2) is 5.78 Å². The second-order valence-electron chi connectivity index (χ2n) is 4.76. The molecule has 0 amide bonds. The van der Waals surface area contributed by atoms with Crippen molar-refractivity contribution in [3.8, 4) is 5.75 Å². The van der Waals surface area contributed by atoms with Crippen molar-refractivity contribution in [1.82, 2.24) is 0 Å². The molecule has 0 fully saturated rings. The van der Waals surface area contributed by atoms with Gasteiger partial charge < -0.3 is 16.2 Å². The molecule has 3 rings (SSSR count). The molecular formula is C15H13BrN2O2. The molecule has 1 aliphatic rings. The highest BCUT2D eigenvalue weighted by Crippen LogP contribution is 2.34. The normalized spacial score (nSPS) is 12.8. The number of halogens is 1. The first-order chi connectivity index (χ1) is 9.54. The van der Waals surface area contributed by atoms with Crippen LogP contribution in [-0.4, -0.2) is 12.4 Å². The van der Waals surface area contributed by atoms with Crippen LogP contribution in [0.4, 0.5) is 11.4 Å².